The number of aromatic nitrogens is 1. The van der Waals surface area contributed by atoms with Gasteiger partial charge in [-0.15, -0.1) is 0 Å². The van der Waals surface area contributed by atoms with Crippen molar-refractivity contribution in [1.82, 2.24) is 9.88 Å². The highest BCUT2D eigenvalue weighted by Gasteiger charge is 2.45. The van der Waals surface area contributed by atoms with Crippen LogP contribution < -0.4 is 0 Å². The Kier molecular flexibility index (Phi) is 5.04. The fraction of sp³-hybridized carbons (Fsp3) is 0.600. The first-order valence-corrected chi connectivity index (χ1v) is 9.12. The highest BCUT2D eigenvalue weighted by molar-refractivity contribution is 7.92. The van der Waals surface area contributed by atoms with Gasteiger partial charge in [-0.05, 0) is 44.7 Å². The Hall–Kier alpha value is -1.84. The second kappa shape index (κ2) is 6.47. The minimum absolute atomic E-state index is 0.189. The molecule has 0 saturated carbocycles. The number of rotatable bonds is 3. The molecule has 1 aliphatic rings. The first-order valence-electron chi connectivity index (χ1n) is 7.64. The fourth-order valence-electron chi connectivity index (χ4n) is 2.98. The van der Waals surface area contributed by atoms with Crippen LogP contribution in [0.1, 0.15) is 32.4 Å². The van der Waals surface area contributed by atoms with E-state index in [1.807, 2.05) is 0 Å². The molecule has 1 fully saturated rings. The number of hydrogen-bond acceptors (Lipinski definition) is 4. The number of carboxylic acid groups (broad SMARTS) is 1. The van der Waals surface area contributed by atoms with Crippen molar-refractivity contribution in [3.05, 3.63) is 23.9 Å². The van der Waals surface area contributed by atoms with Crippen LogP contribution >= 0.6 is 0 Å². The normalized spacial score (nSPS) is 17.6. The van der Waals surface area contributed by atoms with Crippen LogP contribution in [0.15, 0.2) is 23.2 Å². The van der Waals surface area contributed by atoms with Crippen LogP contribution in [0.2, 0.25) is 0 Å². The SMILES string of the molecule is CC(C)(C1CCN(C(=O)O)CC1)S(=O)(=O)c1cccc(C(F)(F)F)n1. The summed E-state index contributed by atoms with van der Waals surface area (Å²) in [6.45, 7) is 3.28. The van der Waals surface area contributed by atoms with Gasteiger partial charge >= 0.3 is 12.3 Å². The number of amides is 1. The maximum Gasteiger partial charge on any atom is 0.433 e. The number of carbonyl (C=O) groups is 1. The minimum atomic E-state index is -4.73. The minimum Gasteiger partial charge on any atom is -0.465 e. The van der Waals surface area contributed by atoms with Gasteiger partial charge in [-0.2, -0.15) is 13.2 Å². The van der Waals surface area contributed by atoms with Crippen molar-refractivity contribution in [3.8, 4) is 0 Å². The van der Waals surface area contributed by atoms with E-state index in [4.69, 9.17) is 5.11 Å². The molecule has 1 aliphatic heterocycles. The van der Waals surface area contributed by atoms with Gasteiger partial charge in [-0.3, -0.25) is 0 Å². The average molecular weight is 380 g/mol. The number of likely N-dealkylation sites (tertiary alicyclic amines) is 1. The van der Waals surface area contributed by atoms with Gasteiger partial charge in [-0.1, -0.05) is 6.07 Å². The van der Waals surface area contributed by atoms with Gasteiger partial charge in [0.05, 0.1) is 4.75 Å². The number of sulfone groups is 1. The smallest absolute Gasteiger partial charge is 0.433 e. The lowest BCUT2D eigenvalue weighted by Crippen LogP contribution is -2.47. The third-order valence-corrected chi connectivity index (χ3v) is 7.23. The second-order valence-corrected chi connectivity index (χ2v) is 8.99. The summed E-state index contributed by atoms with van der Waals surface area (Å²) in [5.41, 5.74) is -1.26. The fourth-order valence-corrected chi connectivity index (χ4v) is 4.67. The molecule has 140 valence electrons. The lowest BCUT2D eigenvalue weighted by molar-refractivity contribution is -0.141. The third-order valence-electron chi connectivity index (χ3n) is 4.73. The van der Waals surface area contributed by atoms with Crippen LogP contribution in [0, 0.1) is 5.92 Å². The van der Waals surface area contributed by atoms with E-state index < -0.39 is 37.6 Å². The summed E-state index contributed by atoms with van der Waals surface area (Å²) >= 11 is 0. The average Bonchev–Trinajstić information content (AvgIpc) is 2.54. The molecule has 6 nitrogen and oxygen atoms in total. The van der Waals surface area contributed by atoms with E-state index in [9.17, 15) is 26.4 Å². The lowest BCUT2D eigenvalue weighted by Gasteiger charge is -2.39. The molecule has 1 aromatic heterocycles. The van der Waals surface area contributed by atoms with Crippen molar-refractivity contribution in [2.24, 2.45) is 5.92 Å². The molecule has 1 saturated heterocycles. The zero-order valence-electron chi connectivity index (χ0n) is 13.7. The maximum absolute atomic E-state index is 12.9. The topological polar surface area (TPSA) is 87.6 Å². The summed E-state index contributed by atoms with van der Waals surface area (Å²) in [4.78, 5) is 15.5. The van der Waals surface area contributed by atoms with E-state index in [1.165, 1.54) is 18.7 Å². The van der Waals surface area contributed by atoms with Crippen molar-refractivity contribution in [2.45, 2.75) is 42.6 Å². The van der Waals surface area contributed by atoms with Gasteiger partial charge < -0.3 is 10.0 Å². The molecule has 1 aromatic rings. The molecule has 1 amide bonds. The highest BCUT2D eigenvalue weighted by atomic mass is 32.2. The number of halogens is 3. The van der Waals surface area contributed by atoms with E-state index in [0.29, 0.717) is 12.8 Å². The van der Waals surface area contributed by atoms with Crippen LogP contribution in [0.3, 0.4) is 0 Å². The van der Waals surface area contributed by atoms with E-state index in [0.717, 1.165) is 18.2 Å². The monoisotopic (exact) mass is 380 g/mol. The molecular formula is C15H19F3N2O4S. The van der Waals surface area contributed by atoms with Crippen molar-refractivity contribution in [2.75, 3.05) is 13.1 Å². The molecule has 25 heavy (non-hydrogen) atoms. The zero-order chi connectivity index (χ0) is 19.0. The van der Waals surface area contributed by atoms with Gasteiger partial charge in [0.2, 0.25) is 9.84 Å². The van der Waals surface area contributed by atoms with Crippen LogP contribution in [0.5, 0.6) is 0 Å². The quantitative estimate of drug-likeness (QED) is 0.871. The predicted molar refractivity (Wildman–Crippen MR) is 82.8 cm³/mol. The Balaban J connectivity index is 2.31. The molecule has 0 aliphatic carbocycles. The summed E-state index contributed by atoms with van der Waals surface area (Å²) in [5.74, 6) is -0.385. The number of pyridine rings is 1. The van der Waals surface area contributed by atoms with Gasteiger partial charge in [0.1, 0.15) is 5.69 Å². The largest absolute Gasteiger partial charge is 0.465 e. The van der Waals surface area contributed by atoms with Gasteiger partial charge in [-0.25, -0.2) is 18.2 Å². The number of piperidine rings is 1. The molecule has 0 atom stereocenters. The van der Waals surface area contributed by atoms with Gasteiger partial charge in [0.15, 0.2) is 5.03 Å². The standard InChI is InChI=1S/C15H19F3N2O4S/c1-14(2,10-6-8-20(9-7-10)13(21)22)25(23,24)12-5-3-4-11(19-12)15(16,17)18/h3-5,10H,6-9H2,1-2H3,(H,21,22). The zero-order valence-corrected chi connectivity index (χ0v) is 14.6. The molecule has 0 spiro atoms. The van der Waals surface area contributed by atoms with Gasteiger partial charge in [0, 0.05) is 13.1 Å². The highest BCUT2D eigenvalue weighted by Crippen LogP contribution is 2.38. The van der Waals surface area contributed by atoms with Crippen LogP contribution in [0.25, 0.3) is 0 Å². The number of alkyl halides is 3. The Bertz CT molecular complexity index is 754. The Morgan fingerprint density at radius 2 is 1.80 bits per heavy atom. The molecule has 10 heteroatoms. The third kappa shape index (κ3) is 3.73. The summed E-state index contributed by atoms with van der Waals surface area (Å²) in [6, 6.07) is 2.79. The van der Waals surface area contributed by atoms with E-state index >= 15 is 0 Å². The Labute approximate surface area is 143 Å². The Morgan fingerprint density at radius 3 is 2.28 bits per heavy atom. The van der Waals surface area contributed by atoms with Crippen molar-refractivity contribution in [1.29, 1.82) is 0 Å². The molecular weight excluding hydrogens is 361 g/mol. The number of nitrogens with zero attached hydrogens (tertiary/aromatic N) is 2. The summed E-state index contributed by atoms with van der Waals surface area (Å²) in [7, 11) is -4.14. The van der Waals surface area contributed by atoms with Crippen LogP contribution in [0.4, 0.5) is 18.0 Å². The molecule has 2 rings (SSSR count). The lowest BCUT2D eigenvalue weighted by atomic mass is 9.86. The van der Waals surface area contributed by atoms with Crippen molar-refractivity contribution < 1.29 is 31.5 Å². The molecule has 2 heterocycles. The van der Waals surface area contributed by atoms with Crippen LogP contribution in [-0.4, -0.2) is 47.3 Å². The van der Waals surface area contributed by atoms with Gasteiger partial charge in [0.25, 0.3) is 0 Å². The number of hydrogen-bond donors (Lipinski definition) is 1. The molecule has 0 bridgehead atoms. The first-order chi connectivity index (χ1) is 11.4. The Morgan fingerprint density at radius 1 is 1.24 bits per heavy atom. The van der Waals surface area contributed by atoms with E-state index in [-0.39, 0.29) is 19.0 Å². The molecule has 0 aromatic carbocycles. The van der Waals surface area contributed by atoms with E-state index in [1.54, 1.807) is 0 Å². The van der Waals surface area contributed by atoms with Crippen molar-refractivity contribution in [3.63, 3.8) is 0 Å². The first kappa shape index (κ1) is 19.5. The maximum atomic E-state index is 12.9. The predicted octanol–water partition coefficient (Wildman–Crippen LogP) is 3.04. The molecule has 0 unspecified atom stereocenters. The van der Waals surface area contributed by atoms with E-state index in [2.05, 4.69) is 4.98 Å². The van der Waals surface area contributed by atoms with Crippen LogP contribution in [-0.2, 0) is 16.0 Å². The van der Waals surface area contributed by atoms with Crippen molar-refractivity contribution >= 4 is 15.9 Å². The second-order valence-electron chi connectivity index (χ2n) is 6.51. The molecule has 1 N–H and O–H groups in total. The summed E-state index contributed by atoms with van der Waals surface area (Å²) < 4.78 is 62.8. The summed E-state index contributed by atoms with van der Waals surface area (Å²) in [6.07, 6.45) is -5.17. The molecule has 0 radical (unpaired) electrons. The summed E-state index contributed by atoms with van der Waals surface area (Å²) in [5, 5.41) is 8.35.